The molecule has 5 rings (SSSR count). The van der Waals surface area contributed by atoms with E-state index in [4.69, 9.17) is 0 Å². The summed E-state index contributed by atoms with van der Waals surface area (Å²) in [7, 11) is 0. The first-order valence-corrected chi connectivity index (χ1v) is 7.85. The third-order valence-electron chi connectivity index (χ3n) is 4.39. The molecule has 2 aromatic heterocycles. The normalized spacial score (nSPS) is 11.3. The monoisotopic (exact) mass is 310 g/mol. The molecule has 0 aliphatic rings. The first-order chi connectivity index (χ1) is 11.9. The summed E-state index contributed by atoms with van der Waals surface area (Å²) in [5.74, 6) is 0. The van der Waals surface area contributed by atoms with E-state index in [2.05, 4.69) is 68.9 Å². The second-order valence-corrected chi connectivity index (χ2v) is 5.90. The Morgan fingerprint density at radius 1 is 0.500 bits per heavy atom. The van der Waals surface area contributed by atoms with Gasteiger partial charge in [-0.1, -0.05) is 24.3 Å². The van der Waals surface area contributed by atoms with E-state index in [0.29, 0.717) is 0 Å². The Morgan fingerprint density at radius 3 is 1.42 bits per heavy atom. The topological polar surface area (TPSA) is 57.4 Å². The van der Waals surface area contributed by atoms with Gasteiger partial charge in [0.1, 0.15) is 0 Å². The maximum atomic E-state index is 4.26. The number of rotatable bonds is 2. The molecular weight excluding hydrogens is 296 g/mol. The highest BCUT2D eigenvalue weighted by Gasteiger charge is 2.05. The van der Waals surface area contributed by atoms with Crippen LogP contribution in [0, 0.1) is 0 Å². The molecule has 0 unspecified atom stereocenters. The molecule has 0 spiro atoms. The Kier molecular flexibility index (Phi) is 2.76. The van der Waals surface area contributed by atoms with Crippen LogP contribution in [-0.4, -0.2) is 20.4 Å². The minimum atomic E-state index is 0.964. The van der Waals surface area contributed by atoms with E-state index >= 15 is 0 Å². The van der Waals surface area contributed by atoms with Crippen LogP contribution in [0.5, 0.6) is 0 Å². The smallest absolute Gasteiger partial charge is 0.0920 e. The average molecular weight is 310 g/mol. The number of nitrogens with zero attached hydrogens (tertiary/aromatic N) is 2. The van der Waals surface area contributed by atoms with Crippen LogP contribution in [0.15, 0.2) is 73.1 Å². The zero-order chi connectivity index (χ0) is 15.9. The number of aromatic nitrogens is 4. The van der Waals surface area contributed by atoms with E-state index in [1.807, 2.05) is 24.5 Å². The number of nitrogens with one attached hydrogen (secondary N) is 2. The van der Waals surface area contributed by atoms with Gasteiger partial charge in [-0.05, 0) is 57.9 Å². The van der Waals surface area contributed by atoms with Crippen molar-refractivity contribution in [2.45, 2.75) is 0 Å². The number of H-pyrrole nitrogens is 2. The molecule has 0 aliphatic heterocycles. The molecule has 0 radical (unpaired) electrons. The highest BCUT2D eigenvalue weighted by atomic mass is 15.1. The molecule has 5 aromatic rings. The van der Waals surface area contributed by atoms with Crippen LogP contribution < -0.4 is 0 Å². The van der Waals surface area contributed by atoms with Crippen molar-refractivity contribution >= 4 is 21.5 Å². The summed E-state index contributed by atoms with van der Waals surface area (Å²) in [6.07, 6.45) is 3.69. The van der Waals surface area contributed by atoms with Crippen LogP contribution in [0.2, 0.25) is 0 Å². The molecule has 3 aromatic carbocycles. The van der Waals surface area contributed by atoms with E-state index in [1.165, 1.54) is 21.5 Å². The minimum absolute atomic E-state index is 0.964. The van der Waals surface area contributed by atoms with Crippen molar-refractivity contribution in [1.82, 2.24) is 20.4 Å². The lowest BCUT2D eigenvalue weighted by Gasteiger charge is -2.06. The molecule has 0 aliphatic carbocycles. The van der Waals surface area contributed by atoms with Crippen molar-refractivity contribution in [3.05, 3.63) is 73.1 Å². The van der Waals surface area contributed by atoms with Crippen LogP contribution in [0.4, 0.5) is 0 Å². The number of benzene rings is 3. The van der Waals surface area contributed by atoms with Crippen LogP contribution in [0.3, 0.4) is 0 Å². The summed E-state index contributed by atoms with van der Waals surface area (Å²) in [5, 5.41) is 19.1. The molecule has 114 valence electrons. The van der Waals surface area contributed by atoms with Gasteiger partial charge in [-0.2, -0.15) is 10.2 Å². The standard InChI is InChI=1S/C20H14N4/c1-3-15(19-5-7-21-23-19)11-17-10-14-2-4-16(20-6-8-22-24-20)12-18(14)9-13(1)17/h1-12H,(H,21,23)(H,22,24). The number of aromatic amines is 2. The molecule has 2 N–H and O–H groups in total. The lowest BCUT2D eigenvalue weighted by atomic mass is 9.99. The summed E-state index contributed by atoms with van der Waals surface area (Å²) in [6, 6.07) is 21.3. The maximum absolute atomic E-state index is 4.26. The van der Waals surface area contributed by atoms with Crippen molar-refractivity contribution in [2.24, 2.45) is 0 Å². The molecule has 0 fully saturated rings. The van der Waals surface area contributed by atoms with Crippen molar-refractivity contribution < 1.29 is 0 Å². The van der Waals surface area contributed by atoms with Gasteiger partial charge in [-0.25, -0.2) is 0 Å². The highest BCUT2D eigenvalue weighted by Crippen LogP contribution is 2.29. The Balaban J connectivity index is 1.68. The van der Waals surface area contributed by atoms with E-state index in [9.17, 15) is 0 Å². The van der Waals surface area contributed by atoms with Gasteiger partial charge in [0.15, 0.2) is 0 Å². The largest absolute Gasteiger partial charge is 0.285 e. The zero-order valence-electron chi connectivity index (χ0n) is 12.8. The molecule has 0 amide bonds. The van der Waals surface area contributed by atoms with Gasteiger partial charge in [0, 0.05) is 23.5 Å². The van der Waals surface area contributed by atoms with Gasteiger partial charge in [-0.3, -0.25) is 10.2 Å². The fourth-order valence-corrected chi connectivity index (χ4v) is 3.16. The third-order valence-corrected chi connectivity index (χ3v) is 4.39. The van der Waals surface area contributed by atoms with Gasteiger partial charge in [0.05, 0.1) is 11.4 Å². The van der Waals surface area contributed by atoms with Gasteiger partial charge >= 0.3 is 0 Å². The molecule has 0 bridgehead atoms. The molecule has 4 nitrogen and oxygen atoms in total. The predicted octanol–water partition coefficient (Wildman–Crippen LogP) is 4.77. The number of fused-ring (bicyclic) bond motifs is 2. The van der Waals surface area contributed by atoms with Crippen LogP contribution in [0.25, 0.3) is 44.1 Å². The number of hydrogen-bond donors (Lipinski definition) is 2. The van der Waals surface area contributed by atoms with E-state index < -0.39 is 0 Å². The summed E-state index contributed by atoms with van der Waals surface area (Å²) >= 11 is 0. The van der Waals surface area contributed by atoms with Crippen LogP contribution in [-0.2, 0) is 0 Å². The maximum Gasteiger partial charge on any atom is 0.0920 e. The lowest BCUT2D eigenvalue weighted by Crippen LogP contribution is -1.83. The van der Waals surface area contributed by atoms with Gasteiger partial charge in [-0.15, -0.1) is 0 Å². The molecule has 0 saturated carbocycles. The Hall–Kier alpha value is -3.40. The molecule has 4 heteroatoms. The van der Waals surface area contributed by atoms with Crippen LogP contribution >= 0.6 is 0 Å². The summed E-state index contributed by atoms with van der Waals surface area (Å²) in [4.78, 5) is 0. The SMILES string of the molecule is c1cc(-c2ccc3cc4cc(-c5cc[nH]n5)ccc4cc3c2)n[nH]1. The Labute approximate surface area is 138 Å². The van der Waals surface area contributed by atoms with Crippen LogP contribution in [0.1, 0.15) is 0 Å². The fraction of sp³-hybridized carbons (Fsp3) is 0. The summed E-state index contributed by atoms with van der Waals surface area (Å²) in [5.41, 5.74) is 4.17. The summed E-state index contributed by atoms with van der Waals surface area (Å²) in [6.45, 7) is 0. The highest BCUT2D eigenvalue weighted by molar-refractivity contribution is 6.00. The Bertz CT molecular complexity index is 1050. The van der Waals surface area contributed by atoms with Crippen molar-refractivity contribution in [3.63, 3.8) is 0 Å². The molecular formula is C20H14N4. The third kappa shape index (κ3) is 2.08. The second kappa shape index (κ2) is 5.06. The average Bonchev–Trinajstić information content (AvgIpc) is 3.32. The Morgan fingerprint density at radius 2 is 1.00 bits per heavy atom. The van der Waals surface area contributed by atoms with Gasteiger partial charge in [0.2, 0.25) is 0 Å². The van der Waals surface area contributed by atoms with E-state index in [1.54, 1.807) is 0 Å². The molecule has 0 atom stereocenters. The first kappa shape index (κ1) is 13.1. The summed E-state index contributed by atoms with van der Waals surface area (Å²) < 4.78 is 0. The van der Waals surface area contributed by atoms with Gasteiger partial charge in [0.25, 0.3) is 0 Å². The predicted molar refractivity (Wildman–Crippen MR) is 96.6 cm³/mol. The van der Waals surface area contributed by atoms with Crippen molar-refractivity contribution in [3.8, 4) is 22.5 Å². The molecule has 24 heavy (non-hydrogen) atoms. The molecule has 0 saturated heterocycles. The quantitative estimate of drug-likeness (QED) is 0.461. The minimum Gasteiger partial charge on any atom is -0.285 e. The number of hydrogen-bond acceptors (Lipinski definition) is 2. The lowest BCUT2D eigenvalue weighted by molar-refractivity contribution is 1.10. The fourth-order valence-electron chi connectivity index (χ4n) is 3.16. The zero-order valence-corrected chi connectivity index (χ0v) is 12.8. The van der Waals surface area contributed by atoms with Gasteiger partial charge < -0.3 is 0 Å². The van der Waals surface area contributed by atoms with E-state index in [-0.39, 0.29) is 0 Å². The van der Waals surface area contributed by atoms with Crippen molar-refractivity contribution in [2.75, 3.05) is 0 Å². The first-order valence-electron chi connectivity index (χ1n) is 7.85. The van der Waals surface area contributed by atoms with Crippen molar-refractivity contribution in [1.29, 1.82) is 0 Å². The second-order valence-electron chi connectivity index (χ2n) is 5.90. The molecule has 2 heterocycles. The van der Waals surface area contributed by atoms with E-state index in [0.717, 1.165) is 22.5 Å².